The Balaban J connectivity index is 0.00000312. The Labute approximate surface area is 154 Å². The normalized spacial score (nSPS) is 17.2. The van der Waals surface area contributed by atoms with Gasteiger partial charge in [-0.2, -0.15) is 0 Å². The summed E-state index contributed by atoms with van der Waals surface area (Å²) >= 11 is 0. The molecule has 0 bridgehead atoms. The molecule has 1 aliphatic rings. The molecule has 1 fully saturated rings. The van der Waals surface area contributed by atoms with Gasteiger partial charge in [0.2, 0.25) is 5.91 Å². The number of amides is 1. The molecular formula is C18H27ClN2O4. The number of carbonyl (C=O) groups excluding carboxylic acids is 1. The number of aliphatic carboxylic acids is 1. The van der Waals surface area contributed by atoms with Gasteiger partial charge in [0.15, 0.2) is 0 Å². The van der Waals surface area contributed by atoms with Crippen molar-refractivity contribution in [1.82, 2.24) is 10.2 Å². The van der Waals surface area contributed by atoms with Crippen molar-refractivity contribution < 1.29 is 19.4 Å². The lowest BCUT2D eigenvalue weighted by molar-refractivity contribution is -0.142. The molecule has 2 N–H and O–H groups in total. The molecule has 0 radical (unpaired) electrons. The van der Waals surface area contributed by atoms with Crippen LogP contribution in [-0.4, -0.2) is 54.2 Å². The third-order valence-electron chi connectivity index (χ3n) is 4.24. The number of hydrogen-bond donors (Lipinski definition) is 2. The third kappa shape index (κ3) is 6.55. The average molecular weight is 371 g/mol. The van der Waals surface area contributed by atoms with E-state index in [4.69, 9.17) is 9.84 Å². The van der Waals surface area contributed by atoms with Crippen LogP contribution in [-0.2, 0) is 9.59 Å². The lowest BCUT2D eigenvalue weighted by atomic mass is 10.0. The van der Waals surface area contributed by atoms with Crippen molar-refractivity contribution in [2.45, 2.75) is 38.6 Å². The van der Waals surface area contributed by atoms with Crippen LogP contribution in [0.5, 0.6) is 5.75 Å². The van der Waals surface area contributed by atoms with Crippen LogP contribution < -0.4 is 10.1 Å². The number of nitrogens with zero attached hydrogens (tertiary/aromatic N) is 1. The molecule has 0 aliphatic carbocycles. The predicted octanol–water partition coefficient (Wildman–Crippen LogP) is 2.28. The van der Waals surface area contributed by atoms with E-state index in [-0.39, 0.29) is 24.9 Å². The number of carboxylic acid groups (broad SMARTS) is 1. The van der Waals surface area contributed by atoms with Crippen LogP contribution in [0.15, 0.2) is 24.3 Å². The van der Waals surface area contributed by atoms with Crippen molar-refractivity contribution in [2.75, 3.05) is 26.2 Å². The Morgan fingerprint density at radius 1 is 1.32 bits per heavy atom. The Morgan fingerprint density at radius 3 is 2.60 bits per heavy atom. The van der Waals surface area contributed by atoms with E-state index in [1.807, 2.05) is 24.3 Å². The van der Waals surface area contributed by atoms with Crippen molar-refractivity contribution in [3.63, 3.8) is 0 Å². The first-order valence-corrected chi connectivity index (χ1v) is 8.43. The first-order valence-electron chi connectivity index (χ1n) is 8.43. The van der Waals surface area contributed by atoms with Gasteiger partial charge in [-0.15, -0.1) is 12.4 Å². The van der Waals surface area contributed by atoms with Gasteiger partial charge in [0.25, 0.3) is 0 Å². The van der Waals surface area contributed by atoms with Crippen LogP contribution >= 0.6 is 12.4 Å². The maximum atomic E-state index is 11.9. The van der Waals surface area contributed by atoms with Gasteiger partial charge in [0.1, 0.15) is 18.4 Å². The first kappa shape index (κ1) is 21.3. The monoisotopic (exact) mass is 370 g/mol. The topological polar surface area (TPSA) is 78.9 Å². The highest BCUT2D eigenvalue weighted by molar-refractivity contribution is 5.85. The zero-order chi connectivity index (χ0) is 17.5. The van der Waals surface area contributed by atoms with E-state index in [0.29, 0.717) is 32.0 Å². The molecule has 1 aliphatic heterocycles. The van der Waals surface area contributed by atoms with Crippen LogP contribution in [0.3, 0.4) is 0 Å². The molecule has 6 nitrogen and oxygen atoms in total. The molecule has 7 heteroatoms. The maximum Gasteiger partial charge on any atom is 0.320 e. The summed E-state index contributed by atoms with van der Waals surface area (Å²) in [6, 6.07) is 7.40. The van der Waals surface area contributed by atoms with Crippen LogP contribution in [0.25, 0.3) is 0 Å². The van der Waals surface area contributed by atoms with Gasteiger partial charge in [0, 0.05) is 0 Å². The highest BCUT2D eigenvalue weighted by Gasteiger charge is 2.31. The van der Waals surface area contributed by atoms with E-state index >= 15 is 0 Å². The zero-order valence-corrected chi connectivity index (χ0v) is 15.6. The Bertz CT molecular complexity index is 563. The molecule has 0 spiro atoms. The summed E-state index contributed by atoms with van der Waals surface area (Å²) in [5, 5.41) is 11.9. The third-order valence-corrected chi connectivity index (χ3v) is 4.24. The second kappa shape index (κ2) is 10.3. The molecule has 25 heavy (non-hydrogen) atoms. The average Bonchev–Trinajstić information content (AvgIpc) is 3.00. The summed E-state index contributed by atoms with van der Waals surface area (Å²) in [6.07, 6.45) is 1.43. The van der Waals surface area contributed by atoms with Crippen molar-refractivity contribution in [3.05, 3.63) is 29.8 Å². The SMILES string of the molecule is CC(C)c1ccc(OCCNC(=O)CN2CCC[C@@H]2C(=O)O)cc1.Cl. The van der Waals surface area contributed by atoms with Gasteiger partial charge in [0.05, 0.1) is 13.1 Å². The molecule has 2 rings (SSSR count). The number of likely N-dealkylation sites (tertiary alicyclic amines) is 1. The first-order chi connectivity index (χ1) is 11.5. The molecule has 1 saturated heterocycles. The van der Waals surface area contributed by atoms with Crippen LogP contribution in [0.1, 0.15) is 38.2 Å². The van der Waals surface area contributed by atoms with Gasteiger partial charge in [-0.3, -0.25) is 14.5 Å². The molecule has 1 amide bonds. The fraction of sp³-hybridized carbons (Fsp3) is 0.556. The minimum atomic E-state index is -0.853. The summed E-state index contributed by atoms with van der Waals surface area (Å²) in [6.45, 7) is 5.84. The number of carbonyl (C=O) groups is 2. The zero-order valence-electron chi connectivity index (χ0n) is 14.7. The van der Waals surface area contributed by atoms with Gasteiger partial charge < -0.3 is 15.2 Å². The van der Waals surface area contributed by atoms with E-state index in [1.54, 1.807) is 4.90 Å². The molecule has 1 atom stereocenters. The summed E-state index contributed by atoms with van der Waals surface area (Å²) in [5.41, 5.74) is 1.26. The summed E-state index contributed by atoms with van der Waals surface area (Å²) in [5.74, 6) is 0.244. The van der Waals surface area contributed by atoms with E-state index < -0.39 is 12.0 Å². The molecule has 0 saturated carbocycles. The van der Waals surface area contributed by atoms with Gasteiger partial charge in [-0.05, 0) is 43.0 Å². The van der Waals surface area contributed by atoms with Crippen molar-refractivity contribution >= 4 is 24.3 Å². The number of nitrogens with one attached hydrogen (secondary N) is 1. The van der Waals surface area contributed by atoms with E-state index in [0.717, 1.165) is 12.2 Å². The van der Waals surface area contributed by atoms with E-state index in [2.05, 4.69) is 19.2 Å². The number of benzene rings is 1. The second-order valence-corrected chi connectivity index (χ2v) is 6.39. The highest BCUT2D eigenvalue weighted by atomic mass is 35.5. The van der Waals surface area contributed by atoms with Crippen molar-refractivity contribution in [2.24, 2.45) is 0 Å². The van der Waals surface area contributed by atoms with Crippen LogP contribution in [0, 0.1) is 0 Å². The summed E-state index contributed by atoms with van der Waals surface area (Å²) in [4.78, 5) is 24.7. The number of carboxylic acids is 1. The lowest BCUT2D eigenvalue weighted by Gasteiger charge is -2.20. The predicted molar refractivity (Wildman–Crippen MR) is 98.5 cm³/mol. The number of halogens is 1. The van der Waals surface area contributed by atoms with Gasteiger partial charge in [-0.25, -0.2) is 0 Å². The molecule has 1 heterocycles. The molecule has 140 valence electrons. The van der Waals surface area contributed by atoms with Crippen molar-refractivity contribution in [3.8, 4) is 5.75 Å². The Hall–Kier alpha value is -1.79. The van der Waals surface area contributed by atoms with E-state index in [9.17, 15) is 9.59 Å². The fourth-order valence-electron chi connectivity index (χ4n) is 2.84. The largest absolute Gasteiger partial charge is 0.492 e. The quantitative estimate of drug-likeness (QED) is 0.686. The summed E-state index contributed by atoms with van der Waals surface area (Å²) in [7, 11) is 0. The molecule has 1 aromatic rings. The van der Waals surface area contributed by atoms with Crippen molar-refractivity contribution in [1.29, 1.82) is 0 Å². The Morgan fingerprint density at radius 2 is 2.00 bits per heavy atom. The lowest BCUT2D eigenvalue weighted by Crippen LogP contribution is -2.43. The molecule has 0 unspecified atom stereocenters. The Kier molecular flexibility index (Phi) is 8.72. The number of ether oxygens (including phenoxy) is 1. The van der Waals surface area contributed by atoms with E-state index in [1.165, 1.54) is 5.56 Å². The van der Waals surface area contributed by atoms with Crippen LogP contribution in [0.2, 0.25) is 0 Å². The minimum Gasteiger partial charge on any atom is -0.492 e. The molecule has 0 aromatic heterocycles. The highest BCUT2D eigenvalue weighted by Crippen LogP contribution is 2.18. The number of hydrogen-bond acceptors (Lipinski definition) is 4. The smallest absolute Gasteiger partial charge is 0.320 e. The van der Waals surface area contributed by atoms with Gasteiger partial charge >= 0.3 is 5.97 Å². The fourth-order valence-corrected chi connectivity index (χ4v) is 2.84. The maximum absolute atomic E-state index is 11.9. The minimum absolute atomic E-state index is 0. The molecular weight excluding hydrogens is 344 g/mol. The second-order valence-electron chi connectivity index (χ2n) is 6.39. The summed E-state index contributed by atoms with van der Waals surface area (Å²) < 4.78 is 5.60. The number of rotatable bonds is 8. The van der Waals surface area contributed by atoms with Crippen LogP contribution in [0.4, 0.5) is 0 Å². The van der Waals surface area contributed by atoms with Gasteiger partial charge in [-0.1, -0.05) is 26.0 Å². The standard InChI is InChI=1S/C18H26N2O4.ClH/c1-13(2)14-5-7-15(8-6-14)24-11-9-19-17(21)12-20-10-3-4-16(20)18(22)23;/h5-8,13,16H,3-4,9-12H2,1-2H3,(H,19,21)(H,22,23);1H/t16-;/m1./s1. The molecule has 1 aromatic carbocycles.